The standard InChI is InChI=1S/C21H26ClN3O5S/c1-29-19-9-5-6-16(20(19)30-2)21(26)23-10-15-31(27,28)25-13-11-24(12-14-25)18-8-4-3-7-17(18)22/h3-9H,10-15H2,1-2H3,(H,23,26). The number of amides is 1. The second kappa shape index (κ2) is 10.2. The Morgan fingerprint density at radius 3 is 2.39 bits per heavy atom. The number of carbonyl (C=O) groups excluding carboxylic acids is 1. The first-order chi connectivity index (χ1) is 14.9. The van der Waals surface area contributed by atoms with Gasteiger partial charge in [-0.3, -0.25) is 4.79 Å². The lowest BCUT2D eigenvalue weighted by atomic mass is 10.1. The van der Waals surface area contributed by atoms with E-state index < -0.39 is 15.9 Å². The predicted molar refractivity (Wildman–Crippen MR) is 121 cm³/mol. The molecule has 1 aliphatic heterocycles. The molecule has 3 rings (SSSR count). The Balaban J connectivity index is 1.54. The van der Waals surface area contributed by atoms with Gasteiger partial charge < -0.3 is 19.7 Å². The number of piperazine rings is 1. The zero-order chi connectivity index (χ0) is 22.4. The van der Waals surface area contributed by atoms with Crippen molar-refractivity contribution in [1.29, 1.82) is 0 Å². The number of hydrogen-bond donors (Lipinski definition) is 1. The molecule has 31 heavy (non-hydrogen) atoms. The van der Waals surface area contributed by atoms with E-state index in [-0.39, 0.29) is 17.9 Å². The van der Waals surface area contributed by atoms with Crippen LogP contribution in [-0.4, -0.2) is 71.3 Å². The molecule has 2 aromatic rings. The number of anilines is 1. The largest absolute Gasteiger partial charge is 0.493 e. The first-order valence-electron chi connectivity index (χ1n) is 9.84. The molecule has 1 aliphatic rings. The maximum Gasteiger partial charge on any atom is 0.255 e. The molecule has 0 unspecified atom stereocenters. The van der Waals surface area contributed by atoms with Crippen LogP contribution >= 0.6 is 11.6 Å². The quantitative estimate of drug-likeness (QED) is 0.640. The molecule has 10 heteroatoms. The molecule has 2 aromatic carbocycles. The maximum atomic E-state index is 12.7. The molecule has 1 saturated heterocycles. The van der Waals surface area contributed by atoms with Crippen molar-refractivity contribution in [2.45, 2.75) is 0 Å². The van der Waals surface area contributed by atoms with Gasteiger partial charge in [-0.2, -0.15) is 4.31 Å². The van der Waals surface area contributed by atoms with Crippen LogP contribution in [0.1, 0.15) is 10.4 Å². The first-order valence-corrected chi connectivity index (χ1v) is 11.8. The second-order valence-corrected chi connectivity index (χ2v) is 9.45. The predicted octanol–water partition coefficient (Wildman–Crippen LogP) is 2.24. The summed E-state index contributed by atoms with van der Waals surface area (Å²) in [4.78, 5) is 14.6. The molecule has 0 aliphatic carbocycles. The summed E-state index contributed by atoms with van der Waals surface area (Å²) >= 11 is 6.24. The topological polar surface area (TPSA) is 88.2 Å². The zero-order valence-corrected chi connectivity index (χ0v) is 19.1. The molecule has 8 nitrogen and oxygen atoms in total. The summed E-state index contributed by atoms with van der Waals surface area (Å²) in [6.45, 7) is 1.83. The zero-order valence-electron chi connectivity index (χ0n) is 17.5. The number of nitrogens with zero attached hydrogens (tertiary/aromatic N) is 2. The van der Waals surface area contributed by atoms with E-state index in [4.69, 9.17) is 21.1 Å². The van der Waals surface area contributed by atoms with Crippen LogP contribution in [-0.2, 0) is 10.0 Å². The summed E-state index contributed by atoms with van der Waals surface area (Å²) in [5.74, 6) is 0.131. The lowest BCUT2D eigenvalue weighted by molar-refractivity contribution is 0.0952. The van der Waals surface area contributed by atoms with E-state index in [1.807, 2.05) is 24.3 Å². The van der Waals surface area contributed by atoms with Gasteiger partial charge in [0.25, 0.3) is 5.91 Å². The minimum absolute atomic E-state index is 0.00768. The summed E-state index contributed by atoms with van der Waals surface area (Å²) in [5.41, 5.74) is 1.19. The minimum atomic E-state index is -3.50. The fraction of sp³-hybridized carbons (Fsp3) is 0.381. The fourth-order valence-corrected chi connectivity index (χ4v) is 5.09. The maximum absolute atomic E-state index is 12.7. The lowest BCUT2D eigenvalue weighted by Gasteiger charge is -2.35. The van der Waals surface area contributed by atoms with Gasteiger partial charge >= 0.3 is 0 Å². The Bertz CT molecular complexity index is 1020. The number of para-hydroxylation sites is 2. The van der Waals surface area contributed by atoms with Crippen molar-refractivity contribution in [2.24, 2.45) is 0 Å². The van der Waals surface area contributed by atoms with Crippen LogP contribution in [0, 0.1) is 0 Å². The van der Waals surface area contributed by atoms with E-state index in [9.17, 15) is 13.2 Å². The molecule has 0 atom stereocenters. The van der Waals surface area contributed by atoms with Gasteiger partial charge in [0.15, 0.2) is 11.5 Å². The van der Waals surface area contributed by atoms with Gasteiger partial charge in [0, 0.05) is 32.7 Å². The number of nitrogens with one attached hydrogen (secondary N) is 1. The van der Waals surface area contributed by atoms with Crippen molar-refractivity contribution in [3.05, 3.63) is 53.1 Å². The Morgan fingerprint density at radius 2 is 1.74 bits per heavy atom. The highest BCUT2D eigenvalue weighted by Crippen LogP contribution is 2.30. The summed E-state index contributed by atoms with van der Waals surface area (Å²) in [6, 6.07) is 12.5. The average molecular weight is 468 g/mol. The van der Waals surface area contributed by atoms with Gasteiger partial charge in [-0.25, -0.2) is 8.42 Å². The molecule has 0 radical (unpaired) electrons. The summed E-state index contributed by atoms with van der Waals surface area (Å²) in [6.07, 6.45) is 0. The lowest BCUT2D eigenvalue weighted by Crippen LogP contribution is -2.50. The van der Waals surface area contributed by atoms with Crippen LogP contribution in [0.15, 0.2) is 42.5 Å². The first kappa shape index (κ1) is 23.2. The van der Waals surface area contributed by atoms with Crippen LogP contribution in [0.4, 0.5) is 5.69 Å². The fourth-order valence-electron chi connectivity index (χ4n) is 3.50. The van der Waals surface area contributed by atoms with Crippen molar-refractivity contribution in [3.63, 3.8) is 0 Å². The smallest absolute Gasteiger partial charge is 0.255 e. The van der Waals surface area contributed by atoms with Crippen molar-refractivity contribution in [3.8, 4) is 11.5 Å². The number of rotatable bonds is 8. The number of methoxy groups -OCH3 is 2. The average Bonchev–Trinajstić information content (AvgIpc) is 2.78. The Labute approximate surface area is 187 Å². The molecular formula is C21H26ClN3O5S. The van der Waals surface area contributed by atoms with Gasteiger partial charge in [-0.1, -0.05) is 29.8 Å². The number of benzene rings is 2. The van der Waals surface area contributed by atoms with Gasteiger partial charge in [0.1, 0.15) is 0 Å². The third-order valence-electron chi connectivity index (χ3n) is 5.12. The molecular weight excluding hydrogens is 442 g/mol. The number of carbonyl (C=O) groups is 1. The van der Waals surface area contributed by atoms with Crippen LogP contribution < -0.4 is 19.7 Å². The van der Waals surface area contributed by atoms with Crippen molar-refractivity contribution >= 4 is 33.2 Å². The molecule has 1 fully saturated rings. The van der Waals surface area contributed by atoms with E-state index in [0.29, 0.717) is 42.7 Å². The highest BCUT2D eigenvalue weighted by molar-refractivity contribution is 7.89. The third-order valence-corrected chi connectivity index (χ3v) is 7.31. The Morgan fingerprint density at radius 1 is 1.03 bits per heavy atom. The van der Waals surface area contributed by atoms with E-state index in [2.05, 4.69) is 10.2 Å². The van der Waals surface area contributed by atoms with Crippen molar-refractivity contribution in [2.75, 3.05) is 57.6 Å². The van der Waals surface area contributed by atoms with Crippen LogP contribution in [0.3, 0.4) is 0 Å². The number of halogens is 1. The van der Waals surface area contributed by atoms with E-state index >= 15 is 0 Å². The van der Waals surface area contributed by atoms with Gasteiger partial charge in [-0.15, -0.1) is 0 Å². The molecule has 0 spiro atoms. The number of ether oxygens (including phenoxy) is 2. The molecule has 1 amide bonds. The number of sulfonamides is 1. The van der Waals surface area contributed by atoms with Gasteiger partial charge in [-0.05, 0) is 24.3 Å². The summed E-state index contributed by atoms with van der Waals surface area (Å²) < 4.78 is 37.4. The monoisotopic (exact) mass is 467 g/mol. The minimum Gasteiger partial charge on any atom is -0.493 e. The van der Waals surface area contributed by atoms with Crippen LogP contribution in [0.25, 0.3) is 0 Å². The van der Waals surface area contributed by atoms with E-state index in [0.717, 1.165) is 5.69 Å². The SMILES string of the molecule is COc1cccc(C(=O)NCCS(=O)(=O)N2CCN(c3ccccc3Cl)CC2)c1OC. The molecule has 1 heterocycles. The Hall–Kier alpha value is -2.49. The van der Waals surface area contributed by atoms with Crippen molar-refractivity contribution in [1.82, 2.24) is 9.62 Å². The molecule has 1 N–H and O–H groups in total. The summed E-state index contributed by atoms with van der Waals surface area (Å²) in [7, 11) is -0.573. The number of hydrogen-bond acceptors (Lipinski definition) is 6. The van der Waals surface area contributed by atoms with E-state index in [1.165, 1.54) is 18.5 Å². The Kier molecular flexibility index (Phi) is 7.64. The normalized spacial score (nSPS) is 14.9. The second-order valence-electron chi connectivity index (χ2n) is 6.95. The van der Waals surface area contributed by atoms with Crippen molar-refractivity contribution < 1.29 is 22.7 Å². The van der Waals surface area contributed by atoms with Gasteiger partial charge in [0.2, 0.25) is 10.0 Å². The molecule has 168 valence electrons. The summed E-state index contributed by atoms with van der Waals surface area (Å²) in [5, 5.41) is 3.30. The highest BCUT2D eigenvalue weighted by Gasteiger charge is 2.27. The van der Waals surface area contributed by atoms with Crippen LogP contribution in [0.2, 0.25) is 5.02 Å². The molecule has 0 aromatic heterocycles. The van der Waals surface area contributed by atoms with E-state index in [1.54, 1.807) is 18.2 Å². The third kappa shape index (κ3) is 5.41. The van der Waals surface area contributed by atoms with Crippen LogP contribution in [0.5, 0.6) is 11.5 Å². The van der Waals surface area contributed by atoms with Gasteiger partial charge in [0.05, 0.1) is 36.2 Å². The molecule has 0 saturated carbocycles. The molecule has 0 bridgehead atoms. The highest BCUT2D eigenvalue weighted by atomic mass is 35.5.